The second-order valence-corrected chi connectivity index (χ2v) is 7.57. The van der Waals surface area contributed by atoms with Gasteiger partial charge in [-0.1, -0.05) is 24.6 Å². The van der Waals surface area contributed by atoms with E-state index in [0.29, 0.717) is 35.0 Å². The predicted molar refractivity (Wildman–Crippen MR) is 133 cm³/mol. The number of ether oxygens (including phenoxy) is 4. The normalized spacial score (nSPS) is 10.6. The molecule has 182 valence electrons. The second-order valence-electron chi connectivity index (χ2n) is 7.57. The number of hydrazone groups is 1. The molecule has 0 aromatic heterocycles. The number of aryl methyl sites for hydroxylation is 1. The SMILES string of the molecule is CCCOc1ccc(C(=O)Oc2ccc(C=NNC(=O)COc3ccc(C)cc3)cc2OC)cc1. The molecule has 3 rings (SSSR count). The van der Waals surface area contributed by atoms with Crippen LogP contribution in [0.4, 0.5) is 0 Å². The van der Waals surface area contributed by atoms with Crippen LogP contribution < -0.4 is 24.4 Å². The second kappa shape index (κ2) is 12.8. The first-order chi connectivity index (χ1) is 17.0. The van der Waals surface area contributed by atoms with Crippen molar-refractivity contribution in [3.8, 4) is 23.0 Å². The highest BCUT2D eigenvalue weighted by atomic mass is 16.6. The van der Waals surface area contributed by atoms with Gasteiger partial charge in [-0.05, 0) is 73.5 Å². The molecular weight excluding hydrogens is 448 g/mol. The van der Waals surface area contributed by atoms with Gasteiger partial charge in [0.15, 0.2) is 18.1 Å². The van der Waals surface area contributed by atoms with Gasteiger partial charge in [0.1, 0.15) is 11.5 Å². The zero-order chi connectivity index (χ0) is 25.0. The molecule has 1 N–H and O–H groups in total. The third-order valence-electron chi connectivity index (χ3n) is 4.75. The van der Waals surface area contributed by atoms with Gasteiger partial charge in [0.25, 0.3) is 5.91 Å². The minimum absolute atomic E-state index is 0.162. The molecule has 0 heterocycles. The highest BCUT2D eigenvalue weighted by molar-refractivity contribution is 5.92. The van der Waals surface area contributed by atoms with Crippen molar-refractivity contribution in [2.45, 2.75) is 20.3 Å². The molecule has 8 nitrogen and oxygen atoms in total. The Balaban J connectivity index is 1.54. The summed E-state index contributed by atoms with van der Waals surface area (Å²) in [5.74, 6) is 0.984. The maximum absolute atomic E-state index is 12.5. The quantitative estimate of drug-likeness (QED) is 0.189. The third kappa shape index (κ3) is 7.89. The van der Waals surface area contributed by atoms with E-state index >= 15 is 0 Å². The fourth-order valence-corrected chi connectivity index (χ4v) is 2.91. The molecule has 0 aliphatic heterocycles. The number of carbonyl (C=O) groups is 2. The van der Waals surface area contributed by atoms with Crippen LogP contribution in [0.5, 0.6) is 23.0 Å². The Bertz CT molecular complexity index is 1160. The Morgan fingerprint density at radius 3 is 2.29 bits per heavy atom. The van der Waals surface area contributed by atoms with Crippen molar-refractivity contribution in [1.82, 2.24) is 5.43 Å². The molecular formula is C27H28N2O6. The van der Waals surface area contributed by atoms with E-state index in [-0.39, 0.29) is 12.4 Å². The maximum atomic E-state index is 12.5. The number of nitrogens with zero attached hydrogens (tertiary/aromatic N) is 1. The first-order valence-electron chi connectivity index (χ1n) is 11.1. The van der Waals surface area contributed by atoms with Gasteiger partial charge in [0.05, 0.1) is 25.5 Å². The number of rotatable bonds is 11. The molecule has 0 bridgehead atoms. The van der Waals surface area contributed by atoms with E-state index in [9.17, 15) is 9.59 Å². The molecule has 0 aliphatic rings. The van der Waals surface area contributed by atoms with E-state index in [1.54, 1.807) is 54.6 Å². The van der Waals surface area contributed by atoms with Gasteiger partial charge in [-0.3, -0.25) is 4.79 Å². The summed E-state index contributed by atoms with van der Waals surface area (Å²) in [5, 5.41) is 3.93. The van der Waals surface area contributed by atoms with Gasteiger partial charge in [0.2, 0.25) is 0 Å². The number of hydrogen-bond acceptors (Lipinski definition) is 7. The number of carbonyl (C=O) groups excluding carboxylic acids is 2. The number of methoxy groups -OCH3 is 1. The fourth-order valence-electron chi connectivity index (χ4n) is 2.91. The summed E-state index contributed by atoms with van der Waals surface area (Å²) in [6, 6.07) is 19.1. The summed E-state index contributed by atoms with van der Waals surface area (Å²) in [7, 11) is 1.47. The van der Waals surface area contributed by atoms with Crippen LogP contribution in [0, 0.1) is 6.92 Å². The predicted octanol–water partition coefficient (Wildman–Crippen LogP) is 4.54. The smallest absolute Gasteiger partial charge is 0.343 e. The summed E-state index contributed by atoms with van der Waals surface area (Å²) in [4.78, 5) is 24.5. The standard InChI is InChI=1S/C27H28N2O6/c1-4-15-33-22-12-8-21(9-13-22)27(31)35-24-14-7-20(16-25(24)32-3)17-28-29-26(30)18-34-23-10-5-19(2)6-11-23/h5-14,16-17H,4,15,18H2,1-3H3,(H,29,30). The van der Waals surface area contributed by atoms with Gasteiger partial charge < -0.3 is 18.9 Å². The van der Waals surface area contributed by atoms with E-state index in [4.69, 9.17) is 18.9 Å². The minimum atomic E-state index is -0.521. The van der Waals surface area contributed by atoms with Gasteiger partial charge in [-0.25, -0.2) is 10.2 Å². The number of esters is 1. The summed E-state index contributed by atoms with van der Waals surface area (Å²) < 4.78 is 21.8. The van der Waals surface area contributed by atoms with E-state index in [1.807, 2.05) is 26.0 Å². The van der Waals surface area contributed by atoms with Crippen LogP contribution in [0.25, 0.3) is 0 Å². The third-order valence-corrected chi connectivity index (χ3v) is 4.75. The molecule has 0 aliphatic carbocycles. The monoisotopic (exact) mass is 476 g/mol. The van der Waals surface area contributed by atoms with Gasteiger partial charge >= 0.3 is 5.97 Å². The molecule has 0 unspecified atom stereocenters. The van der Waals surface area contributed by atoms with Crippen molar-refractivity contribution >= 4 is 18.1 Å². The zero-order valence-electron chi connectivity index (χ0n) is 19.9. The lowest BCUT2D eigenvalue weighted by atomic mass is 10.2. The molecule has 0 saturated carbocycles. The molecule has 3 aromatic rings. The van der Waals surface area contributed by atoms with E-state index in [0.717, 1.165) is 12.0 Å². The van der Waals surface area contributed by atoms with Crippen LogP contribution in [0.3, 0.4) is 0 Å². The first-order valence-corrected chi connectivity index (χ1v) is 11.1. The van der Waals surface area contributed by atoms with Crippen LogP contribution in [0.1, 0.15) is 34.8 Å². The molecule has 35 heavy (non-hydrogen) atoms. The maximum Gasteiger partial charge on any atom is 0.343 e. The molecule has 3 aromatic carbocycles. The molecule has 0 atom stereocenters. The summed E-state index contributed by atoms with van der Waals surface area (Å²) >= 11 is 0. The van der Waals surface area contributed by atoms with Gasteiger partial charge in [-0.15, -0.1) is 0 Å². The van der Waals surface area contributed by atoms with Crippen LogP contribution >= 0.6 is 0 Å². The summed E-state index contributed by atoms with van der Waals surface area (Å²) in [6.07, 6.45) is 2.35. The first kappa shape index (κ1) is 25.3. The number of benzene rings is 3. The largest absolute Gasteiger partial charge is 0.494 e. The average Bonchev–Trinajstić information content (AvgIpc) is 2.88. The Hall–Kier alpha value is -4.33. The van der Waals surface area contributed by atoms with E-state index in [2.05, 4.69) is 10.5 Å². The zero-order valence-corrected chi connectivity index (χ0v) is 19.9. The topological polar surface area (TPSA) is 95.5 Å². The van der Waals surface area contributed by atoms with Crippen molar-refractivity contribution in [2.75, 3.05) is 20.3 Å². The molecule has 1 amide bonds. The molecule has 0 radical (unpaired) electrons. The summed E-state index contributed by atoms with van der Waals surface area (Å²) in [6.45, 7) is 4.44. The Kier molecular flexibility index (Phi) is 9.24. The Morgan fingerprint density at radius 2 is 1.60 bits per heavy atom. The number of nitrogens with one attached hydrogen (secondary N) is 1. The van der Waals surface area contributed by atoms with Crippen LogP contribution in [-0.2, 0) is 4.79 Å². The van der Waals surface area contributed by atoms with Gasteiger partial charge in [-0.2, -0.15) is 5.10 Å². The van der Waals surface area contributed by atoms with Crippen molar-refractivity contribution in [2.24, 2.45) is 5.10 Å². The van der Waals surface area contributed by atoms with E-state index < -0.39 is 11.9 Å². The van der Waals surface area contributed by atoms with Crippen molar-refractivity contribution in [3.63, 3.8) is 0 Å². The van der Waals surface area contributed by atoms with Crippen molar-refractivity contribution in [3.05, 3.63) is 83.4 Å². The lowest BCUT2D eigenvalue weighted by Gasteiger charge is -2.10. The van der Waals surface area contributed by atoms with Crippen molar-refractivity contribution < 1.29 is 28.5 Å². The lowest BCUT2D eigenvalue weighted by molar-refractivity contribution is -0.123. The van der Waals surface area contributed by atoms with Crippen LogP contribution in [0.2, 0.25) is 0 Å². The van der Waals surface area contributed by atoms with Crippen LogP contribution in [0.15, 0.2) is 71.8 Å². The Morgan fingerprint density at radius 1 is 0.914 bits per heavy atom. The van der Waals surface area contributed by atoms with Crippen LogP contribution in [-0.4, -0.2) is 38.4 Å². The highest BCUT2D eigenvalue weighted by Gasteiger charge is 2.13. The molecule has 0 spiro atoms. The minimum Gasteiger partial charge on any atom is -0.494 e. The average molecular weight is 477 g/mol. The number of hydrogen-bond donors (Lipinski definition) is 1. The highest BCUT2D eigenvalue weighted by Crippen LogP contribution is 2.28. The lowest BCUT2D eigenvalue weighted by Crippen LogP contribution is -2.24. The van der Waals surface area contributed by atoms with E-state index in [1.165, 1.54) is 13.3 Å². The number of amides is 1. The molecule has 0 saturated heterocycles. The Labute approximate surface area is 204 Å². The fraction of sp³-hybridized carbons (Fsp3) is 0.222. The molecule has 8 heteroatoms. The van der Waals surface area contributed by atoms with Gasteiger partial charge in [0, 0.05) is 0 Å². The van der Waals surface area contributed by atoms with Crippen molar-refractivity contribution in [1.29, 1.82) is 0 Å². The summed E-state index contributed by atoms with van der Waals surface area (Å²) in [5.41, 5.74) is 4.53. The molecule has 0 fully saturated rings.